The van der Waals surface area contributed by atoms with Crippen LogP contribution < -0.4 is 0 Å². The molecule has 0 bridgehead atoms. The number of carbonyl (C=O) groups excluding carboxylic acids is 1. The largest absolute Gasteiger partial charge is 0.453 e. The van der Waals surface area contributed by atoms with Gasteiger partial charge in [0.25, 0.3) is 0 Å². The van der Waals surface area contributed by atoms with Crippen LogP contribution in [0.3, 0.4) is 0 Å². The first kappa shape index (κ1) is 18.7. The number of hydrogen-bond donors (Lipinski definition) is 0. The molecule has 0 aliphatic carbocycles. The Kier molecular flexibility index (Phi) is 5.53. The molecule has 1 unspecified atom stereocenters. The first-order chi connectivity index (χ1) is 14.2. The lowest BCUT2D eigenvalue weighted by Crippen LogP contribution is -2.08. The zero-order valence-corrected chi connectivity index (χ0v) is 16.3. The summed E-state index contributed by atoms with van der Waals surface area (Å²) in [4.78, 5) is 12.0. The highest BCUT2D eigenvalue weighted by Crippen LogP contribution is 2.33. The van der Waals surface area contributed by atoms with Crippen molar-refractivity contribution in [2.75, 3.05) is 0 Å². The van der Waals surface area contributed by atoms with Gasteiger partial charge in [-0.05, 0) is 33.5 Å². The Bertz CT molecular complexity index is 1100. The van der Waals surface area contributed by atoms with Crippen LogP contribution in [0, 0.1) is 0 Å². The van der Waals surface area contributed by atoms with Crippen molar-refractivity contribution >= 4 is 22.3 Å². The van der Waals surface area contributed by atoms with Crippen LogP contribution in [0.25, 0.3) is 16.3 Å². The van der Waals surface area contributed by atoms with E-state index in [-0.39, 0.29) is 5.97 Å². The lowest BCUT2D eigenvalue weighted by atomic mass is 9.93. The van der Waals surface area contributed by atoms with Crippen molar-refractivity contribution in [2.45, 2.75) is 13.0 Å². The third-order valence-corrected chi connectivity index (χ3v) is 4.91. The monoisotopic (exact) mass is 378 g/mol. The molecule has 2 nitrogen and oxygen atoms in total. The average Bonchev–Trinajstić information content (AvgIpc) is 2.77. The minimum atomic E-state index is -0.492. The molecule has 0 amide bonds. The summed E-state index contributed by atoms with van der Waals surface area (Å²) in [5.74, 6) is -0.306. The van der Waals surface area contributed by atoms with Crippen LogP contribution in [-0.2, 0) is 9.53 Å². The van der Waals surface area contributed by atoms with Crippen molar-refractivity contribution in [3.8, 4) is 0 Å². The molecule has 0 saturated carbocycles. The summed E-state index contributed by atoms with van der Waals surface area (Å²) < 4.78 is 5.80. The van der Waals surface area contributed by atoms with E-state index in [0.717, 1.165) is 33.0 Å². The first-order valence-electron chi connectivity index (χ1n) is 9.70. The lowest BCUT2D eigenvalue weighted by Gasteiger charge is -2.19. The number of ether oxygens (including phenoxy) is 1. The maximum absolute atomic E-state index is 12.0. The second kappa shape index (κ2) is 8.57. The predicted octanol–water partition coefficient (Wildman–Crippen LogP) is 6.58. The van der Waals surface area contributed by atoms with E-state index in [4.69, 9.17) is 4.74 Å². The van der Waals surface area contributed by atoms with Crippen LogP contribution in [0.15, 0.2) is 109 Å². The lowest BCUT2D eigenvalue weighted by molar-refractivity contribution is -0.144. The van der Waals surface area contributed by atoms with Crippen LogP contribution in [0.5, 0.6) is 0 Å². The van der Waals surface area contributed by atoms with E-state index in [0.29, 0.717) is 0 Å². The molecule has 0 saturated heterocycles. The third-order valence-electron chi connectivity index (χ3n) is 4.91. The Morgan fingerprint density at radius 2 is 1.28 bits per heavy atom. The maximum Gasteiger partial charge on any atom is 0.303 e. The number of benzene rings is 4. The SMILES string of the molecule is CC(=O)OC(C=C(c1ccccc1)c1ccccc1)c1cccc2ccccc12. The van der Waals surface area contributed by atoms with Crippen molar-refractivity contribution in [1.29, 1.82) is 0 Å². The fraction of sp³-hybridized carbons (Fsp3) is 0.0741. The molecule has 0 aliphatic heterocycles. The summed E-state index contributed by atoms with van der Waals surface area (Å²) in [7, 11) is 0. The van der Waals surface area contributed by atoms with Gasteiger partial charge in [-0.3, -0.25) is 4.79 Å². The summed E-state index contributed by atoms with van der Waals surface area (Å²) in [6.07, 6.45) is 1.56. The second-order valence-corrected chi connectivity index (χ2v) is 6.91. The first-order valence-corrected chi connectivity index (χ1v) is 9.70. The number of hydrogen-bond acceptors (Lipinski definition) is 2. The Balaban J connectivity index is 1.91. The highest BCUT2D eigenvalue weighted by Gasteiger charge is 2.17. The molecule has 0 radical (unpaired) electrons. The van der Waals surface area contributed by atoms with E-state index in [2.05, 4.69) is 42.5 Å². The fourth-order valence-electron chi connectivity index (χ4n) is 3.61. The summed E-state index contributed by atoms with van der Waals surface area (Å²) >= 11 is 0. The van der Waals surface area contributed by atoms with Gasteiger partial charge in [-0.15, -0.1) is 0 Å². The Labute approximate surface area is 171 Å². The summed E-state index contributed by atoms with van der Waals surface area (Å²) in [5.41, 5.74) is 4.17. The molecule has 0 aliphatic rings. The Morgan fingerprint density at radius 3 is 1.90 bits per heavy atom. The van der Waals surface area contributed by atoms with E-state index in [1.54, 1.807) is 0 Å². The van der Waals surface area contributed by atoms with Gasteiger partial charge < -0.3 is 4.74 Å². The van der Waals surface area contributed by atoms with Crippen molar-refractivity contribution in [3.05, 3.63) is 126 Å². The molecule has 0 N–H and O–H groups in total. The summed E-state index contributed by atoms with van der Waals surface area (Å²) in [6, 6.07) is 34.7. The summed E-state index contributed by atoms with van der Waals surface area (Å²) in [5, 5.41) is 2.20. The smallest absolute Gasteiger partial charge is 0.303 e. The van der Waals surface area contributed by atoms with Crippen LogP contribution >= 0.6 is 0 Å². The zero-order valence-electron chi connectivity index (χ0n) is 16.3. The molecule has 2 heteroatoms. The number of fused-ring (bicyclic) bond motifs is 1. The molecule has 4 rings (SSSR count). The second-order valence-electron chi connectivity index (χ2n) is 6.91. The zero-order chi connectivity index (χ0) is 20.1. The molecule has 0 aromatic heterocycles. The van der Waals surface area contributed by atoms with E-state index in [9.17, 15) is 4.79 Å². The minimum absolute atomic E-state index is 0.306. The van der Waals surface area contributed by atoms with Gasteiger partial charge in [-0.2, -0.15) is 0 Å². The van der Waals surface area contributed by atoms with Crippen LogP contribution in [0.4, 0.5) is 0 Å². The molecule has 142 valence electrons. The van der Waals surface area contributed by atoms with E-state index >= 15 is 0 Å². The van der Waals surface area contributed by atoms with E-state index in [1.807, 2.05) is 66.7 Å². The average molecular weight is 378 g/mol. The van der Waals surface area contributed by atoms with E-state index < -0.39 is 6.10 Å². The maximum atomic E-state index is 12.0. The van der Waals surface area contributed by atoms with Gasteiger partial charge in [-0.1, -0.05) is 103 Å². The highest BCUT2D eigenvalue weighted by molar-refractivity contribution is 5.87. The molecule has 0 spiro atoms. The normalized spacial score (nSPS) is 11.6. The molecule has 0 fully saturated rings. The van der Waals surface area contributed by atoms with Gasteiger partial charge in [0.15, 0.2) is 0 Å². The van der Waals surface area contributed by atoms with Gasteiger partial charge in [0, 0.05) is 12.5 Å². The molecular formula is C27H22O2. The van der Waals surface area contributed by atoms with Gasteiger partial charge in [0.2, 0.25) is 0 Å². The summed E-state index contributed by atoms with van der Waals surface area (Å²) in [6.45, 7) is 1.46. The minimum Gasteiger partial charge on any atom is -0.453 e. The standard InChI is InChI=1S/C27H22O2/c1-20(28)29-27(25-18-10-16-21-15-8-9-17-24(21)25)19-26(22-11-4-2-5-12-22)23-13-6-3-7-14-23/h2-19,27H,1H3. The quantitative estimate of drug-likeness (QED) is 0.367. The van der Waals surface area contributed by atoms with Crippen LogP contribution in [0.2, 0.25) is 0 Å². The Morgan fingerprint density at radius 1 is 0.724 bits per heavy atom. The topological polar surface area (TPSA) is 26.3 Å². The number of carbonyl (C=O) groups is 1. The molecular weight excluding hydrogens is 356 g/mol. The van der Waals surface area contributed by atoms with Crippen molar-refractivity contribution in [3.63, 3.8) is 0 Å². The molecule has 4 aromatic carbocycles. The third kappa shape index (κ3) is 4.27. The van der Waals surface area contributed by atoms with Crippen LogP contribution in [0.1, 0.15) is 29.7 Å². The van der Waals surface area contributed by atoms with Gasteiger partial charge >= 0.3 is 5.97 Å². The number of esters is 1. The van der Waals surface area contributed by atoms with Crippen molar-refractivity contribution in [1.82, 2.24) is 0 Å². The highest BCUT2D eigenvalue weighted by atomic mass is 16.5. The molecule has 29 heavy (non-hydrogen) atoms. The molecule has 1 atom stereocenters. The van der Waals surface area contributed by atoms with Gasteiger partial charge in [-0.25, -0.2) is 0 Å². The Hall–Kier alpha value is -3.65. The number of rotatable bonds is 5. The molecule has 4 aromatic rings. The molecule has 0 heterocycles. The predicted molar refractivity (Wildman–Crippen MR) is 118 cm³/mol. The van der Waals surface area contributed by atoms with Gasteiger partial charge in [0.1, 0.15) is 6.10 Å². The van der Waals surface area contributed by atoms with Crippen molar-refractivity contribution < 1.29 is 9.53 Å². The van der Waals surface area contributed by atoms with E-state index in [1.165, 1.54) is 6.92 Å². The van der Waals surface area contributed by atoms with Crippen molar-refractivity contribution in [2.24, 2.45) is 0 Å². The van der Waals surface area contributed by atoms with Crippen LogP contribution in [-0.4, -0.2) is 5.97 Å². The van der Waals surface area contributed by atoms with Gasteiger partial charge in [0.05, 0.1) is 0 Å². The fourth-order valence-corrected chi connectivity index (χ4v) is 3.61.